The lowest BCUT2D eigenvalue weighted by atomic mass is 9.85. The minimum absolute atomic E-state index is 0.893. The van der Waals surface area contributed by atoms with Gasteiger partial charge in [-0.2, -0.15) is 0 Å². The quantitative estimate of drug-likeness (QED) is 0.568. The van der Waals surface area contributed by atoms with E-state index in [1.54, 1.807) is 11.1 Å². The van der Waals surface area contributed by atoms with Crippen molar-refractivity contribution in [3.8, 4) is 0 Å². The van der Waals surface area contributed by atoms with Crippen molar-refractivity contribution in [3.05, 3.63) is 35.4 Å². The van der Waals surface area contributed by atoms with Gasteiger partial charge < -0.3 is 0 Å². The Kier molecular flexibility index (Phi) is 8.08. The summed E-state index contributed by atoms with van der Waals surface area (Å²) in [5.41, 5.74) is 3.15. The zero-order chi connectivity index (χ0) is 11.7. The van der Waals surface area contributed by atoms with Crippen molar-refractivity contribution in [2.75, 3.05) is 0 Å². The predicted octanol–water partition coefficient (Wildman–Crippen LogP) is 4.86. The van der Waals surface area contributed by atoms with Crippen molar-refractivity contribution >= 4 is 0 Å². The van der Waals surface area contributed by atoms with Crippen LogP contribution in [-0.4, -0.2) is 0 Å². The summed E-state index contributed by atoms with van der Waals surface area (Å²) in [6, 6.07) is 8.83. The summed E-state index contributed by atoms with van der Waals surface area (Å²) in [6.45, 7) is 10.3. The molecule has 0 aliphatic heterocycles. The van der Waals surface area contributed by atoms with Crippen LogP contribution in [0.15, 0.2) is 24.3 Å². The van der Waals surface area contributed by atoms with Crippen molar-refractivity contribution in [2.45, 2.75) is 53.9 Å². The van der Waals surface area contributed by atoms with Crippen LogP contribution in [-0.2, 0) is 12.8 Å². The first kappa shape index (κ1) is 14.2. The average molecular weight is 206 g/mol. The molecule has 1 aliphatic carbocycles. The second-order valence-corrected chi connectivity index (χ2v) is 3.62. The van der Waals surface area contributed by atoms with Crippen LogP contribution in [0.5, 0.6) is 0 Å². The standard InChI is InChI=1S/C11H14.2C2H6/c1-9-6-7-10-4-2-3-5-11(10)8-9;2*1-2/h2-5,9H,6-8H2,1H3;2*1-2H3. The Morgan fingerprint density at radius 3 is 2.07 bits per heavy atom. The summed E-state index contributed by atoms with van der Waals surface area (Å²) >= 11 is 0. The topological polar surface area (TPSA) is 0 Å². The molecule has 86 valence electrons. The van der Waals surface area contributed by atoms with Gasteiger partial charge in [-0.15, -0.1) is 0 Å². The van der Waals surface area contributed by atoms with E-state index in [1.165, 1.54) is 19.3 Å². The second-order valence-electron chi connectivity index (χ2n) is 3.62. The van der Waals surface area contributed by atoms with Crippen LogP contribution in [0.1, 0.15) is 52.2 Å². The Morgan fingerprint density at radius 1 is 0.933 bits per heavy atom. The molecule has 1 atom stereocenters. The fourth-order valence-corrected chi connectivity index (χ4v) is 1.88. The van der Waals surface area contributed by atoms with Crippen LogP contribution in [0, 0.1) is 5.92 Å². The summed E-state index contributed by atoms with van der Waals surface area (Å²) in [4.78, 5) is 0. The van der Waals surface area contributed by atoms with Crippen LogP contribution in [0.2, 0.25) is 0 Å². The normalized spacial score (nSPS) is 17.5. The third kappa shape index (κ3) is 4.51. The molecule has 15 heavy (non-hydrogen) atoms. The predicted molar refractivity (Wildman–Crippen MR) is 70.3 cm³/mol. The van der Waals surface area contributed by atoms with Gasteiger partial charge in [-0.25, -0.2) is 0 Å². The third-order valence-corrected chi connectivity index (χ3v) is 2.59. The van der Waals surface area contributed by atoms with Crippen LogP contribution in [0.25, 0.3) is 0 Å². The molecule has 2 rings (SSSR count). The number of fused-ring (bicyclic) bond motifs is 1. The molecule has 1 unspecified atom stereocenters. The highest BCUT2D eigenvalue weighted by atomic mass is 14.2. The van der Waals surface area contributed by atoms with Crippen LogP contribution < -0.4 is 0 Å². The Morgan fingerprint density at radius 2 is 1.47 bits per heavy atom. The van der Waals surface area contributed by atoms with Gasteiger partial charge in [0.2, 0.25) is 0 Å². The number of hydrogen-bond donors (Lipinski definition) is 0. The van der Waals surface area contributed by atoms with Crippen molar-refractivity contribution in [3.63, 3.8) is 0 Å². The molecule has 0 amide bonds. The fourth-order valence-electron chi connectivity index (χ4n) is 1.88. The molecule has 0 nitrogen and oxygen atoms in total. The van der Waals surface area contributed by atoms with Crippen LogP contribution in [0.4, 0.5) is 0 Å². The molecule has 0 fully saturated rings. The Hall–Kier alpha value is -0.780. The third-order valence-electron chi connectivity index (χ3n) is 2.59. The summed E-state index contributed by atoms with van der Waals surface area (Å²) in [5.74, 6) is 0.893. The first-order valence-electron chi connectivity index (χ1n) is 6.43. The highest BCUT2D eigenvalue weighted by Crippen LogP contribution is 2.24. The first-order chi connectivity index (χ1) is 7.36. The lowest BCUT2D eigenvalue weighted by Gasteiger charge is -2.20. The number of aryl methyl sites for hydroxylation is 1. The summed E-state index contributed by atoms with van der Waals surface area (Å²) < 4.78 is 0. The summed E-state index contributed by atoms with van der Waals surface area (Å²) in [6.07, 6.45) is 3.95. The van der Waals surface area contributed by atoms with E-state index < -0.39 is 0 Å². The van der Waals surface area contributed by atoms with Crippen LogP contribution >= 0.6 is 0 Å². The van der Waals surface area contributed by atoms with E-state index in [1.807, 2.05) is 27.7 Å². The van der Waals surface area contributed by atoms with E-state index >= 15 is 0 Å². The van der Waals surface area contributed by atoms with E-state index in [4.69, 9.17) is 0 Å². The minimum Gasteiger partial charge on any atom is -0.0683 e. The van der Waals surface area contributed by atoms with Crippen LogP contribution in [0.3, 0.4) is 0 Å². The van der Waals surface area contributed by atoms with E-state index in [-0.39, 0.29) is 0 Å². The maximum atomic E-state index is 2.34. The molecule has 1 aromatic rings. The van der Waals surface area contributed by atoms with Crippen molar-refractivity contribution in [1.29, 1.82) is 0 Å². The molecular formula is C15H26. The van der Waals surface area contributed by atoms with Gasteiger partial charge in [-0.3, -0.25) is 0 Å². The van der Waals surface area contributed by atoms with Gasteiger partial charge in [-0.05, 0) is 36.3 Å². The molecular weight excluding hydrogens is 180 g/mol. The monoisotopic (exact) mass is 206 g/mol. The molecule has 0 heterocycles. The molecule has 0 bridgehead atoms. The molecule has 0 radical (unpaired) electrons. The zero-order valence-corrected chi connectivity index (χ0v) is 11.0. The lowest BCUT2D eigenvalue weighted by molar-refractivity contribution is 0.501. The van der Waals surface area contributed by atoms with Gasteiger partial charge in [0.15, 0.2) is 0 Å². The Labute approximate surface area is 95.7 Å². The molecule has 1 aromatic carbocycles. The van der Waals surface area contributed by atoms with Crippen molar-refractivity contribution in [2.24, 2.45) is 5.92 Å². The summed E-state index contributed by atoms with van der Waals surface area (Å²) in [7, 11) is 0. The van der Waals surface area contributed by atoms with E-state index in [2.05, 4.69) is 31.2 Å². The highest BCUT2D eigenvalue weighted by molar-refractivity contribution is 5.29. The number of hydrogen-bond acceptors (Lipinski definition) is 0. The van der Waals surface area contributed by atoms with Gasteiger partial charge in [0, 0.05) is 0 Å². The maximum Gasteiger partial charge on any atom is -0.0250 e. The second kappa shape index (κ2) is 8.52. The fraction of sp³-hybridized carbons (Fsp3) is 0.600. The Balaban J connectivity index is 0.000000442. The minimum atomic E-state index is 0.893. The van der Waals surface area contributed by atoms with Crippen molar-refractivity contribution < 1.29 is 0 Å². The van der Waals surface area contributed by atoms with E-state index in [0.29, 0.717) is 0 Å². The largest absolute Gasteiger partial charge is 0.0683 e. The SMILES string of the molecule is CC.CC.CC1CCc2ccccc2C1. The molecule has 0 spiro atoms. The van der Waals surface area contributed by atoms with Gasteiger partial charge in [-0.1, -0.05) is 58.9 Å². The van der Waals surface area contributed by atoms with E-state index in [9.17, 15) is 0 Å². The lowest BCUT2D eigenvalue weighted by Crippen LogP contribution is -2.10. The van der Waals surface area contributed by atoms with Gasteiger partial charge in [0.1, 0.15) is 0 Å². The van der Waals surface area contributed by atoms with Gasteiger partial charge in [0.05, 0.1) is 0 Å². The number of rotatable bonds is 0. The molecule has 0 saturated heterocycles. The Bertz CT molecular complexity index is 250. The molecule has 1 aliphatic rings. The molecule has 0 aromatic heterocycles. The van der Waals surface area contributed by atoms with Gasteiger partial charge >= 0.3 is 0 Å². The zero-order valence-electron chi connectivity index (χ0n) is 11.0. The molecule has 0 saturated carbocycles. The summed E-state index contributed by atoms with van der Waals surface area (Å²) in [5, 5.41) is 0. The van der Waals surface area contributed by atoms with E-state index in [0.717, 1.165) is 5.92 Å². The van der Waals surface area contributed by atoms with Gasteiger partial charge in [0.25, 0.3) is 0 Å². The highest BCUT2D eigenvalue weighted by Gasteiger charge is 2.13. The average Bonchev–Trinajstić information content (AvgIpc) is 2.34. The molecule has 0 heteroatoms. The van der Waals surface area contributed by atoms with Crippen molar-refractivity contribution in [1.82, 2.24) is 0 Å². The smallest absolute Gasteiger partial charge is 0.0250 e. The molecule has 0 N–H and O–H groups in total. The maximum absolute atomic E-state index is 2.34. The first-order valence-corrected chi connectivity index (χ1v) is 6.43. The number of benzene rings is 1.